The lowest BCUT2D eigenvalue weighted by atomic mass is 10.1. The fourth-order valence-corrected chi connectivity index (χ4v) is 1.64. The van der Waals surface area contributed by atoms with Crippen molar-refractivity contribution < 1.29 is 9.59 Å². The molecule has 0 spiro atoms. The Morgan fingerprint density at radius 2 is 1.60 bits per heavy atom. The molecule has 0 atom stereocenters. The first kappa shape index (κ1) is 16.2. The summed E-state index contributed by atoms with van der Waals surface area (Å²) in [7, 11) is 0. The van der Waals surface area contributed by atoms with Gasteiger partial charge in [-0.05, 0) is 43.1 Å². The second kappa shape index (κ2) is 8.32. The van der Waals surface area contributed by atoms with E-state index in [0.29, 0.717) is 18.2 Å². The van der Waals surface area contributed by atoms with Crippen LogP contribution < -0.4 is 16.0 Å². The summed E-state index contributed by atoms with van der Waals surface area (Å²) in [6, 6.07) is 7.03. The molecule has 0 aliphatic heterocycles. The average molecular weight is 277 g/mol. The first-order valence-electron chi connectivity index (χ1n) is 6.85. The molecule has 0 aliphatic rings. The molecule has 20 heavy (non-hydrogen) atoms. The Bertz CT molecular complexity index is 441. The molecular weight excluding hydrogens is 254 g/mol. The molecule has 0 bridgehead atoms. The van der Waals surface area contributed by atoms with Crippen LogP contribution in [-0.2, 0) is 9.59 Å². The van der Waals surface area contributed by atoms with Crippen LogP contribution in [0, 0.1) is 5.92 Å². The van der Waals surface area contributed by atoms with Crippen molar-refractivity contribution in [2.75, 3.05) is 23.7 Å². The number of nitrogens with one attached hydrogen (secondary N) is 3. The summed E-state index contributed by atoms with van der Waals surface area (Å²) in [6.45, 7) is 6.90. The highest BCUT2D eigenvalue weighted by Crippen LogP contribution is 2.13. The van der Waals surface area contributed by atoms with Gasteiger partial charge >= 0.3 is 0 Å². The molecule has 0 radical (unpaired) electrons. The van der Waals surface area contributed by atoms with Crippen molar-refractivity contribution in [2.45, 2.75) is 27.2 Å². The van der Waals surface area contributed by atoms with Crippen molar-refractivity contribution in [3.63, 3.8) is 0 Å². The van der Waals surface area contributed by atoms with Gasteiger partial charge in [0.05, 0.1) is 6.54 Å². The van der Waals surface area contributed by atoms with E-state index in [1.807, 2.05) is 0 Å². The van der Waals surface area contributed by atoms with Crippen LogP contribution in [0.5, 0.6) is 0 Å². The molecule has 0 saturated heterocycles. The number of hydrogen-bond donors (Lipinski definition) is 3. The third kappa shape index (κ3) is 6.89. The molecule has 0 aromatic heterocycles. The van der Waals surface area contributed by atoms with Crippen LogP contribution in [0.15, 0.2) is 24.3 Å². The number of anilines is 2. The molecule has 0 aliphatic carbocycles. The predicted molar refractivity (Wildman–Crippen MR) is 81.7 cm³/mol. The summed E-state index contributed by atoms with van der Waals surface area (Å²) in [5.41, 5.74) is 1.43. The number of rotatable bonds is 7. The van der Waals surface area contributed by atoms with Crippen molar-refractivity contribution in [2.24, 2.45) is 5.92 Å². The van der Waals surface area contributed by atoms with Crippen LogP contribution in [0.3, 0.4) is 0 Å². The van der Waals surface area contributed by atoms with Gasteiger partial charge in [-0.25, -0.2) is 0 Å². The molecule has 2 amide bonds. The van der Waals surface area contributed by atoms with E-state index in [9.17, 15) is 9.59 Å². The van der Waals surface area contributed by atoms with Crippen molar-refractivity contribution in [1.29, 1.82) is 0 Å². The van der Waals surface area contributed by atoms with Gasteiger partial charge in [0.2, 0.25) is 11.8 Å². The molecule has 1 rings (SSSR count). The highest BCUT2D eigenvalue weighted by molar-refractivity contribution is 5.93. The molecular formula is C15H23N3O2. The standard InChI is InChI=1S/C15H23N3O2/c1-11(2)8-9-16-10-15(20)18-14-6-4-13(5-7-14)17-12(3)19/h4-7,11,16H,8-10H2,1-3H3,(H,17,19)(H,18,20). The molecule has 3 N–H and O–H groups in total. The van der Waals surface area contributed by atoms with Gasteiger partial charge in [0.25, 0.3) is 0 Å². The molecule has 1 aromatic carbocycles. The molecule has 0 saturated carbocycles. The smallest absolute Gasteiger partial charge is 0.238 e. The SMILES string of the molecule is CC(=O)Nc1ccc(NC(=O)CNCCC(C)C)cc1. The molecule has 110 valence electrons. The second-order valence-corrected chi connectivity index (χ2v) is 5.17. The summed E-state index contributed by atoms with van der Waals surface area (Å²) in [4.78, 5) is 22.6. The molecule has 5 nitrogen and oxygen atoms in total. The Balaban J connectivity index is 2.33. The minimum atomic E-state index is -0.115. The maximum atomic E-state index is 11.7. The maximum absolute atomic E-state index is 11.7. The van der Waals surface area contributed by atoms with E-state index in [1.54, 1.807) is 24.3 Å². The van der Waals surface area contributed by atoms with E-state index in [2.05, 4.69) is 29.8 Å². The summed E-state index contributed by atoms with van der Waals surface area (Å²) in [5.74, 6) is 0.448. The van der Waals surface area contributed by atoms with Crippen LogP contribution in [0.4, 0.5) is 11.4 Å². The normalized spacial score (nSPS) is 10.4. The zero-order chi connectivity index (χ0) is 15.0. The highest BCUT2D eigenvalue weighted by Gasteiger charge is 2.02. The zero-order valence-corrected chi connectivity index (χ0v) is 12.3. The Hall–Kier alpha value is -1.88. The van der Waals surface area contributed by atoms with Gasteiger partial charge in [0.1, 0.15) is 0 Å². The van der Waals surface area contributed by atoms with Crippen molar-refractivity contribution in [3.8, 4) is 0 Å². The predicted octanol–water partition coefficient (Wildman–Crippen LogP) is 2.22. The van der Waals surface area contributed by atoms with Crippen LogP contribution in [-0.4, -0.2) is 24.9 Å². The Morgan fingerprint density at radius 3 is 2.10 bits per heavy atom. The topological polar surface area (TPSA) is 70.2 Å². The van der Waals surface area contributed by atoms with Crippen LogP contribution in [0.2, 0.25) is 0 Å². The minimum absolute atomic E-state index is 0.0685. The second-order valence-electron chi connectivity index (χ2n) is 5.17. The summed E-state index contributed by atoms with van der Waals surface area (Å²) in [5, 5.41) is 8.58. The van der Waals surface area contributed by atoms with E-state index in [0.717, 1.165) is 18.7 Å². The summed E-state index contributed by atoms with van der Waals surface area (Å²) < 4.78 is 0. The minimum Gasteiger partial charge on any atom is -0.326 e. The lowest BCUT2D eigenvalue weighted by Gasteiger charge is -2.09. The molecule has 5 heteroatoms. The number of benzene rings is 1. The molecule has 0 unspecified atom stereocenters. The Morgan fingerprint density at radius 1 is 1.05 bits per heavy atom. The van der Waals surface area contributed by atoms with Crippen LogP contribution in [0.25, 0.3) is 0 Å². The zero-order valence-electron chi connectivity index (χ0n) is 12.3. The molecule has 1 aromatic rings. The third-order valence-electron chi connectivity index (χ3n) is 2.67. The summed E-state index contributed by atoms with van der Waals surface area (Å²) in [6.07, 6.45) is 1.05. The van der Waals surface area contributed by atoms with Gasteiger partial charge in [-0.2, -0.15) is 0 Å². The van der Waals surface area contributed by atoms with Crippen LogP contribution >= 0.6 is 0 Å². The largest absolute Gasteiger partial charge is 0.326 e. The quantitative estimate of drug-likeness (QED) is 0.669. The fraction of sp³-hybridized carbons (Fsp3) is 0.467. The highest BCUT2D eigenvalue weighted by atomic mass is 16.2. The molecule has 0 fully saturated rings. The van der Waals surface area contributed by atoms with Gasteiger partial charge in [-0.3, -0.25) is 9.59 Å². The summed E-state index contributed by atoms with van der Waals surface area (Å²) >= 11 is 0. The van der Waals surface area contributed by atoms with Crippen LogP contribution in [0.1, 0.15) is 27.2 Å². The number of carbonyl (C=O) groups is 2. The van der Waals surface area contributed by atoms with Crippen molar-refractivity contribution in [1.82, 2.24) is 5.32 Å². The number of hydrogen-bond acceptors (Lipinski definition) is 3. The van der Waals surface area contributed by atoms with Gasteiger partial charge in [-0.1, -0.05) is 13.8 Å². The lowest BCUT2D eigenvalue weighted by Crippen LogP contribution is -2.29. The molecule has 0 heterocycles. The lowest BCUT2D eigenvalue weighted by molar-refractivity contribution is -0.115. The average Bonchev–Trinajstić information content (AvgIpc) is 2.36. The van der Waals surface area contributed by atoms with E-state index < -0.39 is 0 Å². The van der Waals surface area contributed by atoms with Crippen molar-refractivity contribution >= 4 is 23.2 Å². The van der Waals surface area contributed by atoms with E-state index >= 15 is 0 Å². The van der Waals surface area contributed by atoms with Gasteiger partial charge in [-0.15, -0.1) is 0 Å². The van der Waals surface area contributed by atoms with Gasteiger partial charge < -0.3 is 16.0 Å². The Kier molecular flexibility index (Phi) is 6.73. The monoisotopic (exact) mass is 277 g/mol. The first-order chi connectivity index (χ1) is 9.47. The maximum Gasteiger partial charge on any atom is 0.238 e. The first-order valence-corrected chi connectivity index (χ1v) is 6.85. The number of amides is 2. The Labute approximate surface area is 120 Å². The van der Waals surface area contributed by atoms with Gasteiger partial charge in [0.15, 0.2) is 0 Å². The number of carbonyl (C=O) groups excluding carboxylic acids is 2. The fourth-order valence-electron chi connectivity index (χ4n) is 1.64. The van der Waals surface area contributed by atoms with Crippen molar-refractivity contribution in [3.05, 3.63) is 24.3 Å². The van der Waals surface area contributed by atoms with E-state index in [4.69, 9.17) is 0 Å². The van der Waals surface area contributed by atoms with Gasteiger partial charge in [0, 0.05) is 18.3 Å². The third-order valence-corrected chi connectivity index (χ3v) is 2.67. The van der Waals surface area contributed by atoms with E-state index in [-0.39, 0.29) is 11.8 Å². The van der Waals surface area contributed by atoms with E-state index in [1.165, 1.54) is 6.92 Å².